The number of nitrogen functional groups attached to an aromatic ring is 1. The fraction of sp³-hybridized carbons (Fsp3) is 0.375. The Balaban J connectivity index is 0.000000758. The first-order chi connectivity index (χ1) is 19.4. The number of pyridine rings is 2. The van der Waals surface area contributed by atoms with E-state index in [1.165, 1.54) is 43.1 Å². The Labute approximate surface area is 236 Å². The van der Waals surface area contributed by atoms with E-state index in [4.69, 9.17) is 20.5 Å². The number of hydrogen-bond donors (Lipinski definition) is 2. The minimum absolute atomic E-state index is 0.330. The van der Waals surface area contributed by atoms with Crippen LogP contribution >= 0.6 is 0 Å². The van der Waals surface area contributed by atoms with Crippen molar-refractivity contribution in [2.45, 2.75) is 57.5 Å². The fourth-order valence-electron chi connectivity index (χ4n) is 5.70. The van der Waals surface area contributed by atoms with Crippen LogP contribution in [0.5, 0.6) is 0 Å². The molecule has 1 saturated heterocycles. The van der Waals surface area contributed by atoms with Gasteiger partial charge in [-0.05, 0) is 105 Å². The molecule has 1 aliphatic carbocycles. The summed E-state index contributed by atoms with van der Waals surface area (Å²) in [6.07, 6.45) is 8.22. The summed E-state index contributed by atoms with van der Waals surface area (Å²) in [4.78, 5) is 25.8. The van der Waals surface area contributed by atoms with Crippen LogP contribution < -0.4 is 11.1 Å². The third-order valence-electron chi connectivity index (χ3n) is 7.91. The van der Waals surface area contributed by atoms with E-state index < -0.39 is 0 Å². The van der Waals surface area contributed by atoms with Crippen molar-refractivity contribution in [1.29, 1.82) is 0 Å². The number of nitrogens with one attached hydrogen (secondary N) is 1. The fourth-order valence-corrected chi connectivity index (χ4v) is 5.70. The van der Waals surface area contributed by atoms with Gasteiger partial charge in [0.2, 0.25) is 0 Å². The first-order valence-electron chi connectivity index (χ1n) is 14.1. The number of hydrogen-bond acceptors (Lipinski definition) is 7. The summed E-state index contributed by atoms with van der Waals surface area (Å²) < 4.78 is 2.16. The van der Waals surface area contributed by atoms with Gasteiger partial charge in [-0.25, -0.2) is 15.0 Å². The highest BCUT2D eigenvalue weighted by molar-refractivity contribution is 5.83. The van der Waals surface area contributed by atoms with Gasteiger partial charge in [0.25, 0.3) is 0 Å². The molecule has 6 rings (SSSR count). The Bertz CT molecular complexity index is 1490. The van der Waals surface area contributed by atoms with Gasteiger partial charge in [-0.2, -0.15) is 0 Å². The zero-order valence-corrected chi connectivity index (χ0v) is 23.7. The lowest BCUT2D eigenvalue weighted by atomic mass is 10.0. The maximum atomic E-state index is 9.06. The van der Waals surface area contributed by atoms with Gasteiger partial charge in [0.05, 0.1) is 5.56 Å². The van der Waals surface area contributed by atoms with E-state index in [0.717, 1.165) is 46.8 Å². The minimum atomic E-state index is 0.330. The molecule has 1 fully saturated rings. The van der Waals surface area contributed by atoms with E-state index in [9.17, 15) is 0 Å². The molecule has 1 unspecified atom stereocenters. The molecular formula is C32H39N7O. The standard InChI is InChI=1S/C29H35N7.C3H4O/c1-18(2)24-10-11-26-29(33-24)36(28(34-26)23-5-4-14-31-27(23)30)21-7-8-22-19(17-21)6-9-25(22)32-20-12-15-35(3)16-13-20;1-2-3-4/h4-5,7-8,10-11,14,17-18,20,25,32H,6,9,12-13,15-16H2,1-3H3,(H2,30,31);2-3H,1H2. The van der Waals surface area contributed by atoms with Crippen LogP contribution in [0.2, 0.25) is 0 Å². The quantitative estimate of drug-likeness (QED) is 0.256. The van der Waals surface area contributed by atoms with E-state index in [0.29, 0.717) is 30.1 Å². The number of carbonyl (C=O) groups excluding carboxylic acids is 1. The predicted molar refractivity (Wildman–Crippen MR) is 162 cm³/mol. The molecule has 40 heavy (non-hydrogen) atoms. The number of rotatable bonds is 6. The zero-order chi connectivity index (χ0) is 28.2. The molecule has 2 aliphatic rings. The number of nitrogens with two attached hydrogens (primary N) is 1. The van der Waals surface area contributed by atoms with Crippen LogP contribution in [-0.4, -0.2) is 56.9 Å². The summed E-state index contributed by atoms with van der Waals surface area (Å²) in [6, 6.07) is 15.9. The highest BCUT2D eigenvalue weighted by Gasteiger charge is 2.27. The lowest BCUT2D eigenvalue weighted by Crippen LogP contribution is -2.41. The molecule has 3 N–H and O–H groups in total. The van der Waals surface area contributed by atoms with E-state index in [-0.39, 0.29) is 0 Å². The maximum Gasteiger partial charge on any atom is 0.165 e. The molecule has 1 atom stereocenters. The minimum Gasteiger partial charge on any atom is -0.383 e. The molecular weight excluding hydrogens is 498 g/mol. The zero-order valence-electron chi connectivity index (χ0n) is 23.7. The highest BCUT2D eigenvalue weighted by Crippen LogP contribution is 2.36. The third kappa shape index (κ3) is 5.69. The molecule has 0 amide bonds. The summed E-state index contributed by atoms with van der Waals surface area (Å²) in [7, 11) is 2.22. The number of allylic oxidation sites excluding steroid dienone is 1. The monoisotopic (exact) mass is 537 g/mol. The number of carbonyl (C=O) groups is 1. The lowest BCUT2D eigenvalue weighted by Gasteiger charge is -2.31. The number of aryl methyl sites for hydroxylation is 1. The summed E-state index contributed by atoms with van der Waals surface area (Å²) >= 11 is 0. The number of benzene rings is 1. The van der Waals surface area contributed by atoms with E-state index in [2.05, 4.69) is 77.6 Å². The number of nitrogens with zero attached hydrogens (tertiary/aromatic N) is 5. The van der Waals surface area contributed by atoms with Crippen LogP contribution in [-0.2, 0) is 11.2 Å². The van der Waals surface area contributed by atoms with Crippen molar-refractivity contribution in [1.82, 2.24) is 29.7 Å². The predicted octanol–water partition coefficient (Wildman–Crippen LogP) is 5.23. The van der Waals surface area contributed by atoms with E-state index in [1.54, 1.807) is 6.20 Å². The molecule has 0 bridgehead atoms. The summed E-state index contributed by atoms with van der Waals surface area (Å²) in [6.45, 7) is 9.80. The molecule has 208 valence electrons. The molecule has 1 aromatic carbocycles. The van der Waals surface area contributed by atoms with Gasteiger partial charge in [0.1, 0.15) is 17.6 Å². The van der Waals surface area contributed by atoms with Crippen molar-refractivity contribution in [2.24, 2.45) is 0 Å². The average Bonchev–Trinajstić information content (AvgIpc) is 3.55. The van der Waals surface area contributed by atoms with Crippen molar-refractivity contribution in [2.75, 3.05) is 25.9 Å². The average molecular weight is 538 g/mol. The number of anilines is 1. The SMILES string of the molecule is C=CC=O.CC(C)c1ccc2nc(-c3cccnc3N)n(-c3ccc4c(c3)CCC4NC3CCN(C)CC3)c2n1. The molecule has 3 aromatic heterocycles. The summed E-state index contributed by atoms with van der Waals surface area (Å²) in [5.41, 5.74) is 13.8. The molecule has 8 heteroatoms. The van der Waals surface area contributed by atoms with Crippen molar-refractivity contribution >= 4 is 23.3 Å². The Morgan fingerprint density at radius 3 is 2.58 bits per heavy atom. The van der Waals surface area contributed by atoms with Gasteiger partial charge < -0.3 is 16.0 Å². The van der Waals surface area contributed by atoms with Crippen LogP contribution in [0.4, 0.5) is 5.82 Å². The second-order valence-electron chi connectivity index (χ2n) is 11.0. The number of likely N-dealkylation sites (tertiary alicyclic amines) is 1. The Morgan fingerprint density at radius 1 is 1.10 bits per heavy atom. The topological polar surface area (TPSA) is 102 Å². The van der Waals surface area contributed by atoms with Gasteiger partial charge in [-0.15, -0.1) is 0 Å². The van der Waals surface area contributed by atoms with Gasteiger partial charge in [-0.3, -0.25) is 9.36 Å². The first kappa shape index (κ1) is 27.7. The largest absolute Gasteiger partial charge is 0.383 e. The van der Waals surface area contributed by atoms with Gasteiger partial charge in [0, 0.05) is 29.7 Å². The van der Waals surface area contributed by atoms with E-state index in [1.807, 2.05) is 12.1 Å². The van der Waals surface area contributed by atoms with Gasteiger partial charge in [0.15, 0.2) is 11.5 Å². The Morgan fingerprint density at radius 2 is 1.88 bits per heavy atom. The second kappa shape index (κ2) is 12.1. The molecule has 1 aliphatic heterocycles. The van der Waals surface area contributed by atoms with Crippen molar-refractivity contribution < 1.29 is 4.79 Å². The highest BCUT2D eigenvalue weighted by atomic mass is 16.1. The van der Waals surface area contributed by atoms with E-state index >= 15 is 0 Å². The molecule has 4 aromatic rings. The number of aromatic nitrogens is 4. The summed E-state index contributed by atoms with van der Waals surface area (Å²) in [5, 5.41) is 3.96. The molecule has 8 nitrogen and oxygen atoms in total. The Hall–Kier alpha value is -3.88. The number of fused-ring (bicyclic) bond motifs is 2. The molecule has 0 saturated carbocycles. The first-order valence-corrected chi connectivity index (χ1v) is 14.1. The smallest absolute Gasteiger partial charge is 0.165 e. The number of piperidine rings is 1. The normalized spacial score (nSPS) is 17.4. The van der Waals surface area contributed by atoms with Gasteiger partial charge >= 0.3 is 0 Å². The third-order valence-corrected chi connectivity index (χ3v) is 7.91. The van der Waals surface area contributed by atoms with Crippen LogP contribution in [0.1, 0.15) is 61.9 Å². The van der Waals surface area contributed by atoms with Crippen LogP contribution in [0.25, 0.3) is 28.2 Å². The number of aldehydes is 1. The molecule has 4 heterocycles. The van der Waals surface area contributed by atoms with Crippen molar-refractivity contribution in [3.05, 3.63) is 78.1 Å². The molecule has 0 spiro atoms. The summed E-state index contributed by atoms with van der Waals surface area (Å²) in [5.74, 6) is 1.58. The lowest BCUT2D eigenvalue weighted by molar-refractivity contribution is -0.104. The van der Waals surface area contributed by atoms with Gasteiger partial charge in [-0.1, -0.05) is 26.5 Å². The molecule has 0 radical (unpaired) electrons. The maximum absolute atomic E-state index is 9.06. The van der Waals surface area contributed by atoms with Crippen molar-refractivity contribution in [3.63, 3.8) is 0 Å². The van der Waals surface area contributed by atoms with Crippen LogP contribution in [0, 0.1) is 0 Å². The Kier molecular flexibility index (Phi) is 8.38. The van der Waals surface area contributed by atoms with Crippen LogP contribution in [0.15, 0.2) is 61.3 Å². The second-order valence-corrected chi connectivity index (χ2v) is 11.0. The number of imidazole rings is 1. The van der Waals surface area contributed by atoms with Crippen LogP contribution in [0.3, 0.4) is 0 Å². The van der Waals surface area contributed by atoms with Crippen molar-refractivity contribution in [3.8, 4) is 17.1 Å².